The van der Waals surface area contributed by atoms with E-state index in [0.717, 1.165) is 9.87 Å². The Morgan fingerprint density at radius 3 is 2.54 bits per heavy atom. The van der Waals surface area contributed by atoms with E-state index < -0.39 is 28.0 Å². The maximum absolute atomic E-state index is 12.8. The van der Waals surface area contributed by atoms with Crippen LogP contribution >= 0.6 is 23.2 Å². The predicted octanol–water partition coefficient (Wildman–Crippen LogP) is 2.46. The Labute approximate surface area is 173 Å². The first kappa shape index (κ1) is 20.8. The lowest BCUT2D eigenvalue weighted by atomic mass is 10.0. The van der Waals surface area contributed by atoms with Crippen LogP contribution in [0.25, 0.3) is 0 Å². The van der Waals surface area contributed by atoms with Gasteiger partial charge in [-0.15, -0.1) is 0 Å². The van der Waals surface area contributed by atoms with Gasteiger partial charge in [-0.1, -0.05) is 53.5 Å². The van der Waals surface area contributed by atoms with Gasteiger partial charge in [-0.2, -0.15) is 4.31 Å². The fourth-order valence-corrected chi connectivity index (χ4v) is 5.14. The van der Waals surface area contributed by atoms with Crippen molar-refractivity contribution in [3.63, 3.8) is 0 Å². The molecule has 28 heavy (non-hydrogen) atoms. The standard InChI is InChI=1S/C19H18Cl2N2O4S/c1-23-17(9-13-8-15(20)16(21)10-18(13)28(23,26)27)19(25)22-14(11-24)7-12-5-3-2-4-6-12/h2-6,8,10-11,14,17H,7,9H2,1H3,(H,22,25)/t14-,17+/m0/s1. The number of carbonyl (C=O) groups is 2. The van der Waals surface area contributed by atoms with E-state index in [2.05, 4.69) is 5.32 Å². The Morgan fingerprint density at radius 2 is 1.89 bits per heavy atom. The normalized spacial score (nSPS) is 19.5. The molecule has 0 radical (unpaired) electrons. The highest BCUT2D eigenvalue weighted by Crippen LogP contribution is 2.35. The molecule has 0 bridgehead atoms. The van der Waals surface area contributed by atoms with E-state index in [9.17, 15) is 18.0 Å². The smallest absolute Gasteiger partial charge is 0.243 e. The van der Waals surface area contributed by atoms with Crippen LogP contribution < -0.4 is 5.32 Å². The molecule has 1 heterocycles. The highest BCUT2D eigenvalue weighted by atomic mass is 35.5. The van der Waals surface area contributed by atoms with E-state index in [1.165, 1.54) is 19.2 Å². The third-order valence-electron chi connectivity index (χ3n) is 4.71. The minimum absolute atomic E-state index is 0.0321. The molecule has 2 aromatic carbocycles. The van der Waals surface area contributed by atoms with Crippen LogP contribution in [0.4, 0.5) is 0 Å². The first-order valence-electron chi connectivity index (χ1n) is 8.49. The summed E-state index contributed by atoms with van der Waals surface area (Å²) in [6, 6.07) is 10.2. The number of hydrogen-bond donors (Lipinski definition) is 1. The van der Waals surface area contributed by atoms with Crippen LogP contribution in [0.2, 0.25) is 10.0 Å². The quantitative estimate of drug-likeness (QED) is 0.723. The average molecular weight is 441 g/mol. The van der Waals surface area contributed by atoms with Gasteiger partial charge in [0.1, 0.15) is 12.3 Å². The number of likely N-dealkylation sites (N-methyl/N-ethyl adjacent to an activating group) is 1. The lowest BCUT2D eigenvalue weighted by Gasteiger charge is -2.33. The summed E-state index contributed by atoms with van der Waals surface area (Å²) in [5.74, 6) is -0.546. The SMILES string of the molecule is CN1[C@@H](C(=O)N[C@H](C=O)Cc2ccccc2)Cc2cc(Cl)c(Cl)cc2S1(=O)=O. The first-order valence-corrected chi connectivity index (χ1v) is 10.7. The van der Waals surface area contributed by atoms with Gasteiger partial charge in [0.05, 0.1) is 21.0 Å². The zero-order chi connectivity index (χ0) is 20.5. The van der Waals surface area contributed by atoms with Gasteiger partial charge in [-0.25, -0.2) is 8.42 Å². The Bertz CT molecular complexity index is 1010. The van der Waals surface area contributed by atoms with Crippen molar-refractivity contribution < 1.29 is 18.0 Å². The molecule has 2 aromatic rings. The van der Waals surface area contributed by atoms with Gasteiger partial charge < -0.3 is 10.1 Å². The van der Waals surface area contributed by atoms with Crippen LogP contribution in [0, 0.1) is 0 Å². The topological polar surface area (TPSA) is 83.6 Å². The number of benzene rings is 2. The monoisotopic (exact) mass is 440 g/mol. The molecule has 0 fully saturated rings. The summed E-state index contributed by atoms with van der Waals surface area (Å²) in [7, 11) is -2.58. The molecule has 1 aliphatic rings. The van der Waals surface area contributed by atoms with Crippen molar-refractivity contribution in [2.24, 2.45) is 0 Å². The zero-order valence-corrected chi connectivity index (χ0v) is 17.3. The van der Waals surface area contributed by atoms with Crippen LogP contribution in [0.1, 0.15) is 11.1 Å². The van der Waals surface area contributed by atoms with Crippen LogP contribution in [0.5, 0.6) is 0 Å². The average Bonchev–Trinajstić information content (AvgIpc) is 2.67. The van der Waals surface area contributed by atoms with Crippen molar-refractivity contribution in [1.82, 2.24) is 9.62 Å². The Balaban J connectivity index is 1.83. The lowest BCUT2D eigenvalue weighted by molar-refractivity contribution is -0.127. The maximum Gasteiger partial charge on any atom is 0.243 e. The molecule has 6 nitrogen and oxygen atoms in total. The van der Waals surface area contributed by atoms with Crippen molar-refractivity contribution >= 4 is 45.4 Å². The van der Waals surface area contributed by atoms with Crippen molar-refractivity contribution in [3.8, 4) is 0 Å². The number of nitrogens with one attached hydrogen (secondary N) is 1. The highest BCUT2D eigenvalue weighted by Gasteiger charge is 2.40. The molecule has 2 atom stereocenters. The second kappa shape index (κ2) is 8.21. The number of nitrogens with zero attached hydrogens (tertiary/aromatic N) is 1. The molecule has 0 unspecified atom stereocenters. The summed E-state index contributed by atoms with van der Waals surface area (Å²) >= 11 is 12.0. The van der Waals surface area contributed by atoms with Crippen LogP contribution in [0.3, 0.4) is 0 Å². The zero-order valence-electron chi connectivity index (χ0n) is 14.9. The molecule has 0 saturated carbocycles. The van der Waals surface area contributed by atoms with Gasteiger partial charge in [0, 0.05) is 7.05 Å². The van der Waals surface area contributed by atoms with Crippen LogP contribution in [0.15, 0.2) is 47.4 Å². The minimum Gasteiger partial charge on any atom is -0.345 e. The second-order valence-corrected chi connectivity index (χ2v) is 9.34. The van der Waals surface area contributed by atoms with Crippen LogP contribution in [-0.2, 0) is 32.5 Å². The molecular weight excluding hydrogens is 423 g/mol. The van der Waals surface area contributed by atoms with E-state index in [0.29, 0.717) is 18.3 Å². The largest absolute Gasteiger partial charge is 0.345 e. The fraction of sp³-hybridized carbons (Fsp3) is 0.263. The molecule has 1 N–H and O–H groups in total. The molecular formula is C19H18Cl2N2O4S. The number of amides is 1. The Morgan fingerprint density at radius 1 is 1.25 bits per heavy atom. The molecule has 1 aliphatic heterocycles. The lowest BCUT2D eigenvalue weighted by Crippen LogP contribution is -2.54. The van der Waals surface area contributed by atoms with Gasteiger partial charge in [-0.3, -0.25) is 4.79 Å². The molecule has 9 heteroatoms. The maximum atomic E-state index is 12.8. The van der Waals surface area contributed by atoms with Gasteiger partial charge >= 0.3 is 0 Å². The molecule has 148 valence electrons. The van der Waals surface area contributed by atoms with E-state index in [-0.39, 0.29) is 21.4 Å². The Kier molecular flexibility index (Phi) is 6.09. The number of aldehydes is 1. The number of rotatable bonds is 5. The molecule has 0 saturated heterocycles. The number of sulfonamides is 1. The van der Waals surface area contributed by atoms with Gasteiger partial charge in [-0.05, 0) is 36.1 Å². The number of hydrogen-bond acceptors (Lipinski definition) is 4. The van der Waals surface area contributed by atoms with Gasteiger partial charge in [0.15, 0.2) is 0 Å². The summed E-state index contributed by atoms with van der Waals surface area (Å²) in [5.41, 5.74) is 1.30. The summed E-state index contributed by atoms with van der Waals surface area (Å²) in [6.45, 7) is 0. The molecule has 0 aliphatic carbocycles. The van der Waals surface area contributed by atoms with Crippen LogP contribution in [-0.4, -0.2) is 44.0 Å². The summed E-state index contributed by atoms with van der Waals surface area (Å²) in [6.07, 6.45) is 1.09. The van der Waals surface area contributed by atoms with E-state index in [1.54, 1.807) is 0 Å². The molecule has 1 amide bonds. The summed E-state index contributed by atoms with van der Waals surface area (Å²) < 4.78 is 26.6. The highest BCUT2D eigenvalue weighted by molar-refractivity contribution is 7.89. The first-order chi connectivity index (χ1) is 13.2. The number of halogens is 2. The van der Waals surface area contributed by atoms with Crippen molar-refractivity contribution in [2.45, 2.75) is 29.8 Å². The van der Waals surface area contributed by atoms with E-state index in [1.807, 2.05) is 30.3 Å². The predicted molar refractivity (Wildman–Crippen MR) is 107 cm³/mol. The number of fused-ring (bicyclic) bond motifs is 1. The number of carbonyl (C=O) groups excluding carboxylic acids is 2. The molecule has 0 aromatic heterocycles. The fourth-order valence-electron chi connectivity index (χ4n) is 3.17. The second-order valence-electron chi connectivity index (χ2n) is 6.56. The van der Waals surface area contributed by atoms with E-state index >= 15 is 0 Å². The van der Waals surface area contributed by atoms with Crippen molar-refractivity contribution in [2.75, 3.05) is 7.05 Å². The Hall–Kier alpha value is -1.93. The van der Waals surface area contributed by atoms with E-state index in [4.69, 9.17) is 23.2 Å². The van der Waals surface area contributed by atoms with Crippen molar-refractivity contribution in [1.29, 1.82) is 0 Å². The minimum atomic E-state index is -3.91. The third kappa shape index (κ3) is 4.07. The molecule has 0 spiro atoms. The molecule has 3 rings (SSSR count). The van der Waals surface area contributed by atoms with Gasteiger partial charge in [0.25, 0.3) is 0 Å². The summed E-state index contributed by atoms with van der Waals surface area (Å²) in [5, 5.41) is 2.98. The third-order valence-corrected chi connectivity index (χ3v) is 7.38. The summed E-state index contributed by atoms with van der Waals surface area (Å²) in [4.78, 5) is 24.3. The van der Waals surface area contributed by atoms with Crippen molar-refractivity contribution in [3.05, 3.63) is 63.6 Å². The van der Waals surface area contributed by atoms with Gasteiger partial charge in [0.2, 0.25) is 15.9 Å².